The van der Waals surface area contributed by atoms with Crippen LogP contribution in [-0.2, 0) is 22.4 Å². The Labute approximate surface area is 256 Å². The van der Waals surface area contributed by atoms with Crippen molar-refractivity contribution in [3.8, 4) is 0 Å². The second kappa shape index (κ2) is 15.4. The third-order valence-electron chi connectivity index (χ3n) is 9.03. The molecule has 222 valence electrons. The highest BCUT2D eigenvalue weighted by Gasteiger charge is 2.42. The molecule has 2 aliphatic carbocycles. The minimum absolute atomic E-state index is 0.149. The minimum Gasteiger partial charge on any atom is -0.287 e. The monoisotopic (exact) mass is 601 g/mol. The van der Waals surface area contributed by atoms with Gasteiger partial charge in [-0.25, -0.2) is 0 Å². The number of hydrogen-bond donors (Lipinski definition) is 0. The molecule has 5 unspecified atom stereocenters. The first-order valence-electron chi connectivity index (χ1n) is 15.2. The van der Waals surface area contributed by atoms with Crippen LogP contribution in [0.3, 0.4) is 0 Å². The van der Waals surface area contributed by atoms with Crippen LogP contribution in [0.4, 0.5) is 0 Å². The summed E-state index contributed by atoms with van der Waals surface area (Å²) < 4.78 is 0. The van der Waals surface area contributed by atoms with Crippen molar-refractivity contribution in [3.63, 3.8) is 0 Å². The third kappa shape index (κ3) is 9.73. The number of thiophene rings is 1. The van der Waals surface area contributed by atoms with E-state index in [2.05, 4.69) is 77.0 Å². The first-order valence-corrected chi connectivity index (χ1v) is 17.9. The van der Waals surface area contributed by atoms with E-state index >= 15 is 0 Å². The van der Waals surface area contributed by atoms with Gasteiger partial charge in [0, 0.05) is 40.1 Å². The molecule has 0 bridgehead atoms. The van der Waals surface area contributed by atoms with Crippen LogP contribution >= 0.6 is 34.9 Å². The summed E-state index contributed by atoms with van der Waals surface area (Å²) in [6.07, 6.45) is 12.9. The SMILES string of the molecule is CC(Cc1cccnc1)SC(=O)C1C(C)CCCC1(C)C.CC1CCCC(C)(C)C1C(=O)SCCc1cccs1. The molecule has 40 heavy (non-hydrogen) atoms. The van der Waals surface area contributed by atoms with Crippen LogP contribution in [0.1, 0.15) is 97.4 Å². The van der Waals surface area contributed by atoms with Gasteiger partial charge in [0.15, 0.2) is 10.2 Å². The van der Waals surface area contributed by atoms with E-state index in [9.17, 15) is 9.59 Å². The largest absolute Gasteiger partial charge is 0.287 e. The Morgan fingerprint density at radius 2 is 1.60 bits per heavy atom. The second-order valence-electron chi connectivity index (χ2n) is 13.5. The molecule has 0 radical (unpaired) electrons. The van der Waals surface area contributed by atoms with Gasteiger partial charge in [-0.3, -0.25) is 14.6 Å². The van der Waals surface area contributed by atoms with Crippen molar-refractivity contribution in [2.24, 2.45) is 34.5 Å². The second-order valence-corrected chi connectivity index (χ2v) is 17.1. The molecule has 4 rings (SSSR count). The molecule has 2 fully saturated rings. The maximum Gasteiger partial charge on any atom is 0.193 e. The highest BCUT2D eigenvalue weighted by Crippen LogP contribution is 2.47. The maximum absolute atomic E-state index is 12.8. The van der Waals surface area contributed by atoms with Gasteiger partial charge in [0.25, 0.3) is 0 Å². The summed E-state index contributed by atoms with van der Waals surface area (Å²) in [6.45, 7) is 15.7. The van der Waals surface area contributed by atoms with E-state index in [0.717, 1.165) is 18.6 Å². The van der Waals surface area contributed by atoms with Crippen molar-refractivity contribution in [1.82, 2.24) is 4.98 Å². The number of aryl methyl sites for hydroxylation is 1. The molecule has 2 aromatic rings. The predicted molar refractivity (Wildman–Crippen MR) is 176 cm³/mol. The lowest BCUT2D eigenvalue weighted by molar-refractivity contribution is -0.122. The Hall–Kier alpha value is -1.11. The van der Waals surface area contributed by atoms with Crippen LogP contribution in [0.15, 0.2) is 42.0 Å². The van der Waals surface area contributed by atoms with Gasteiger partial charge in [-0.15, -0.1) is 11.3 Å². The molecule has 0 N–H and O–H groups in total. The number of aromatic nitrogens is 1. The van der Waals surface area contributed by atoms with Crippen molar-refractivity contribution in [2.75, 3.05) is 5.75 Å². The minimum atomic E-state index is 0.149. The Morgan fingerprint density at radius 3 is 2.12 bits per heavy atom. The van der Waals surface area contributed by atoms with E-state index in [-0.39, 0.29) is 22.7 Å². The van der Waals surface area contributed by atoms with Gasteiger partial charge < -0.3 is 0 Å². The zero-order valence-electron chi connectivity index (χ0n) is 25.8. The summed E-state index contributed by atoms with van der Waals surface area (Å²) in [5, 5.41) is 3.23. The summed E-state index contributed by atoms with van der Waals surface area (Å²) in [6, 6.07) is 8.28. The lowest BCUT2D eigenvalue weighted by Gasteiger charge is -2.41. The summed E-state index contributed by atoms with van der Waals surface area (Å²) in [4.78, 5) is 30.8. The van der Waals surface area contributed by atoms with Crippen molar-refractivity contribution in [3.05, 3.63) is 52.5 Å². The predicted octanol–water partition coefficient (Wildman–Crippen LogP) is 9.75. The molecule has 2 heterocycles. The first kappa shape index (κ1) is 33.4. The summed E-state index contributed by atoms with van der Waals surface area (Å²) in [5.41, 5.74) is 1.54. The molecule has 0 aromatic carbocycles. The fourth-order valence-corrected chi connectivity index (χ4v) is 10.5. The van der Waals surface area contributed by atoms with Crippen molar-refractivity contribution < 1.29 is 9.59 Å². The summed E-state index contributed by atoms with van der Waals surface area (Å²) in [7, 11) is 0. The lowest BCUT2D eigenvalue weighted by Crippen LogP contribution is -2.38. The standard InChI is InChI=1S/C18H27NOS.C16H24OS2/c1-13-7-5-9-18(3,4)16(13)17(20)21-14(2)11-15-8-6-10-19-12-15;1-12-6-4-9-16(2,3)14(12)15(17)19-11-8-13-7-5-10-18-13/h6,8,10,12-14,16H,5,7,9,11H2,1-4H3;5,7,10,12,14H,4,6,8-9,11H2,1-3H3. The van der Waals surface area contributed by atoms with E-state index in [1.165, 1.54) is 49.0 Å². The molecule has 5 atom stereocenters. The Kier molecular flexibility index (Phi) is 12.8. The number of hydrogen-bond acceptors (Lipinski definition) is 6. The van der Waals surface area contributed by atoms with Gasteiger partial charge in [0.05, 0.1) is 0 Å². The average Bonchev–Trinajstić information content (AvgIpc) is 3.37. The molecule has 0 spiro atoms. The van der Waals surface area contributed by atoms with E-state index in [1.807, 2.05) is 12.3 Å². The summed E-state index contributed by atoms with van der Waals surface area (Å²) >= 11 is 4.88. The number of carbonyl (C=O) groups excluding carboxylic acids is 2. The van der Waals surface area contributed by atoms with Crippen molar-refractivity contribution in [1.29, 1.82) is 0 Å². The van der Waals surface area contributed by atoms with Crippen LogP contribution in [0.5, 0.6) is 0 Å². The molecular weight excluding hydrogens is 551 g/mol. The molecule has 0 amide bonds. The molecular formula is C34H51NO2S3. The highest BCUT2D eigenvalue weighted by atomic mass is 32.2. The molecule has 2 saturated carbocycles. The Morgan fingerprint density at radius 1 is 0.975 bits per heavy atom. The van der Waals surface area contributed by atoms with Gasteiger partial charge in [-0.05, 0) is 84.3 Å². The number of pyridine rings is 1. The zero-order chi connectivity index (χ0) is 29.3. The fraction of sp³-hybridized carbons (Fsp3) is 0.676. The first-order chi connectivity index (χ1) is 18.9. The smallest absolute Gasteiger partial charge is 0.193 e. The van der Waals surface area contributed by atoms with Gasteiger partial charge in [-0.1, -0.05) is 97.0 Å². The van der Waals surface area contributed by atoms with E-state index < -0.39 is 0 Å². The van der Waals surface area contributed by atoms with Gasteiger partial charge in [-0.2, -0.15) is 0 Å². The van der Waals surface area contributed by atoms with E-state index in [0.29, 0.717) is 27.3 Å². The van der Waals surface area contributed by atoms with E-state index in [1.54, 1.807) is 41.1 Å². The Balaban J connectivity index is 0.000000222. The van der Waals surface area contributed by atoms with Crippen LogP contribution in [0.25, 0.3) is 0 Å². The topological polar surface area (TPSA) is 47.0 Å². The highest BCUT2D eigenvalue weighted by molar-refractivity contribution is 8.14. The molecule has 6 heteroatoms. The van der Waals surface area contributed by atoms with Crippen LogP contribution < -0.4 is 0 Å². The molecule has 2 aromatic heterocycles. The molecule has 0 saturated heterocycles. The molecule has 3 nitrogen and oxygen atoms in total. The third-order valence-corrected chi connectivity index (χ3v) is 12.0. The summed E-state index contributed by atoms with van der Waals surface area (Å²) in [5.74, 6) is 2.44. The van der Waals surface area contributed by atoms with Crippen molar-refractivity contribution >= 4 is 45.1 Å². The van der Waals surface area contributed by atoms with Crippen molar-refractivity contribution in [2.45, 2.75) is 105 Å². The van der Waals surface area contributed by atoms with Crippen LogP contribution in [-0.4, -0.2) is 26.2 Å². The average molecular weight is 602 g/mol. The number of thioether (sulfide) groups is 2. The maximum atomic E-state index is 12.8. The Bertz CT molecular complexity index is 1050. The fourth-order valence-electron chi connectivity index (χ4n) is 7.01. The lowest BCUT2D eigenvalue weighted by atomic mass is 9.65. The number of nitrogens with zero attached hydrogens (tertiary/aromatic N) is 1. The molecule has 0 aliphatic heterocycles. The number of rotatable bonds is 8. The van der Waals surface area contributed by atoms with E-state index in [4.69, 9.17) is 0 Å². The zero-order valence-corrected chi connectivity index (χ0v) is 28.2. The number of carbonyl (C=O) groups is 2. The van der Waals surface area contributed by atoms with Gasteiger partial charge in [0.2, 0.25) is 0 Å². The van der Waals surface area contributed by atoms with Crippen LogP contribution in [0.2, 0.25) is 0 Å². The van der Waals surface area contributed by atoms with Crippen LogP contribution in [0, 0.1) is 34.5 Å². The quantitative estimate of drug-likeness (QED) is 0.301. The normalized spacial score (nSPS) is 26.3. The van der Waals surface area contributed by atoms with Gasteiger partial charge in [0.1, 0.15) is 0 Å². The van der Waals surface area contributed by atoms with Gasteiger partial charge >= 0.3 is 0 Å². The molecule has 2 aliphatic rings.